The fraction of sp³-hybridized carbons (Fsp3) is 0. The van der Waals surface area contributed by atoms with Gasteiger partial charge >= 0.3 is 0 Å². The molecule has 1 nitrogen and oxygen atoms in total. The first-order chi connectivity index (χ1) is 22.8. The van der Waals surface area contributed by atoms with Crippen LogP contribution in [0.1, 0.15) is 0 Å². The normalized spacial score (nSPS) is 11.9. The second-order valence-electron chi connectivity index (χ2n) is 12.0. The molecule has 2 heteroatoms. The van der Waals surface area contributed by atoms with E-state index in [-0.39, 0.29) is 0 Å². The first kappa shape index (κ1) is 25.6. The number of thiophene rings is 1. The van der Waals surface area contributed by atoms with Crippen molar-refractivity contribution in [2.24, 2.45) is 0 Å². The van der Waals surface area contributed by atoms with Crippen molar-refractivity contribution in [1.82, 2.24) is 0 Å². The molecule has 0 N–H and O–H groups in total. The van der Waals surface area contributed by atoms with E-state index in [1.165, 1.54) is 80.5 Å². The van der Waals surface area contributed by atoms with Gasteiger partial charge in [-0.1, -0.05) is 127 Å². The van der Waals surface area contributed by atoms with Crippen LogP contribution in [-0.2, 0) is 0 Å². The van der Waals surface area contributed by atoms with Crippen molar-refractivity contribution < 1.29 is 4.42 Å². The van der Waals surface area contributed by atoms with E-state index in [0.29, 0.717) is 0 Å². The second-order valence-corrected chi connectivity index (χ2v) is 13.1. The summed E-state index contributed by atoms with van der Waals surface area (Å²) in [5, 5.41) is 11.0. The Morgan fingerprint density at radius 2 is 1.09 bits per heavy atom. The largest absolute Gasteiger partial charge is 0.455 e. The molecule has 46 heavy (non-hydrogen) atoms. The highest BCUT2D eigenvalue weighted by atomic mass is 32.1. The summed E-state index contributed by atoms with van der Waals surface area (Å²) in [5.41, 5.74) is 8.07. The zero-order valence-electron chi connectivity index (χ0n) is 24.8. The lowest BCUT2D eigenvalue weighted by Crippen LogP contribution is -1.91. The molecule has 0 atom stereocenters. The monoisotopic (exact) mass is 602 g/mol. The maximum atomic E-state index is 6.74. The summed E-state index contributed by atoms with van der Waals surface area (Å²) in [7, 11) is 0. The lowest BCUT2D eigenvalue weighted by Gasteiger charge is -2.18. The van der Waals surface area contributed by atoms with Gasteiger partial charge < -0.3 is 4.42 Å². The first-order valence-electron chi connectivity index (χ1n) is 15.7. The molecule has 10 rings (SSSR count). The van der Waals surface area contributed by atoms with Crippen molar-refractivity contribution in [3.8, 4) is 32.7 Å². The fourth-order valence-corrected chi connectivity index (χ4v) is 8.49. The smallest absolute Gasteiger partial charge is 0.144 e. The molecule has 0 radical (unpaired) electrons. The molecule has 8 aromatic carbocycles. The van der Waals surface area contributed by atoms with Crippen LogP contribution in [-0.4, -0.2) is 0 Å². The van der Waals surface area contributed by atoms with Crippen molar-refractivity contribution in [3.05, 3.63) is 158 Å². The van der Waals surface area contributed by atoms with Crippen LogP contribution in [0.2, 0.25) is 0 Å². The van der Waals surface area contributed by atoms with E-state index in [2.05, 4.69) is 158 Å². The van der Waals surface area contributed by atoms with Gasteiger partial charge in [-0.15, -0.1) is 11.3 Å². The molecule has 0 aliphatic rings. The summed E-state index contributed by atoms with van der Waals surface area (Å²) in [4.78, 5) is 1.25. The molecular formula is C44H26OS. The van der Waals surface area contributed by atoms with Crippen LogP contribution in [0.15, 0.2) is 162 Å². The van der Waals surface area contributed by atoms with Crippen LogP contribution in [0, 0.1) is 0 Å². The molecular weight excluding hydrogens is 577 g/mol. The SMILES string of the molecule is c1ccc(-c2cc3c(ccc4c3oc3cccc(-c5c6ccccc6c(-c6ccc7ccccc7c6)c6ccccc56)c34)s2)cc1. The number of fused-ring (bicyclic) bond motifs is 8. The van der Waals surface area contributed by atoms with Crippen LogP contribution in [0.4, 0.5) is 0 Å². The Morgan fingerprint density at radius 3 is 1.85 bits per heavy atom. The predicted molar refractivity (Wildman–Crippen MR) is 198 cm³/mol. The lowest BCUT2D eigenvalue weighted by molar-refractivity contribution is 0.673. The van der Waals surface area contributed by atoms with Crippen molar-refractivity contribution in [1.29, 1.82) is 0 Å². The number of hydrogen-bond donors (Lipinski definition) is 0. The van der Waals surface area contributed by atoms with Gasteiger partial charge in [0.1, 0.15) is 11.2 Å². The standard InChI is InChI=1S/C44H26OS/c1-2-12-28(13-3-1)40-26-37-39(46-40)24-23-36-43-35(19-10-20-38(43)45-44(36)37)42-33-17-8-6-15-31(33)41(32-16-7-9-18-34(32)42)30-22-21-27-11-4-5-14-29(27)25-30/h1-26H. The molecule has 0 unspecified atom stereocenters. The Kier molecular flexibility index (Phi) is 5.51. The lowest BCUT2D eigenvalue weighted by atomic mass is 9.84. The van der Waals surface area contributed by atoms with E-state index in [1.54, 1.807) is 0 Å². The van der Waals surface area contributed by atoms with Gasteiger partial charge in [-0.2, -0.15) is 0 Å². The molecule has 0 aliphatic carbocycles. The number of rotatable bonds is 3. The molecule has 0 saturated carbocycles. The minimum absolute atomic E-state index is 0.916. The van der Waals surface area contributed by atoms with Crippen LogP contribution in [0.5, 0.6) is 0 Å². The molecule has 214 valence electrons. The zero-order valence-corrected chi connectivity index (χ0v) is 25.6. The van der Waals surface area contributed by atoms with Crippen molar-refractivity contribution >= 4 is 75.7 Å². The first-order valence-corrected chi connectivity index (χ1v) is 16.5. The van der Waals surface area contributed by atoms with Gasteiger partial charge in [-0.05, 0) is 90.5 Å². The van der Waals surface area contributed by atoms with E-state index >= 15 is 0 Å². The average molecular weight is 603 g/mol. The minimum Gasteiger partial charge on any atom is -0.455 e. The Morgan fingerprint density at radius 1 is 0.413 bits per heavy atom. The fourth-order valence-electron chi connectivity index (χ4n) is 7.42. The molecule has 2 heterocycles. The third kappa shape index (κ3) is 3.74. The maximum absolute atomic E-state index is 6.74. The van der Waals surface area contributed by atoms with Crippen LogP contribution in [0.3, 0.4) is 0 Å². The molecule has 0 fully saturated rings. The third-order valence-corrected chi connectivity index (χ3v) is 10.6. The molecule has 0 bridgehead atoms. The summed E-state index contributed by atoms with van der Waals surface area (Å²) in [6.45, 7) is 0. The maximum Gasteiger partial charge on any atom is 0.144 e. The Labute approximate surface area is 269 Å². The van der Waals surface area contributed by atoms with E-state index < -0.39 is 0 Å². The highest BCUT2D eigenvalue weighted by molar-refractivity contribution is 7.22. The zero-order chi connectivity index (χ0) is 30.2. The number of benzene rings is 8. The average Bonchev–Trinajstić information content (AvgIpc) is 3.73. The van der Waals surface area contributed by atoms with Crippen molar-refractivity contribution in [2.75, 3.05) is 0 Å². The summed E-state index contributed by atoms with van der Waals surface area (Å²) in [6, 6.07) is 57.2. The van der Waals surface area contributed by atoms with Crippen LogP contribution in [0.25, 0.3) is 97.0 Å². The summed E-state index contributed by atoms with van der Waals surface area (Å²) < 4.78 is 7.98. The minimum atomic E-state index is 0.916. The van der Waals surface area contributed by atoms with Crippen molar-refractivity contribution in [2.45, 2.75) is 0 Å². The van der Waals surface area contributed by atoms with Gasteiger partial charge in [0, 0.05) is 25.7 Å². The molecule has 0 amide bonds. The molecule has 10 aromatic rings. The highest BCUT2D eigenvalue weighted by Crippen LogP contribution is 2.48. The predicted octanol–water partition coefficient (Wildman–Crippen LogP) is 13.3. The third-order valence-electron chi connectivity index (χ3n) is 9.46. The summed E-state index contributed by atoms with van der Waals surface area (Å²) in [5.74, 6) is 0. The number of furan rings is 1. The Hall–Kier alpha value is -5.70. The molecule has 0 spiro atoms. The van der Waals surface area contributed by atoms with Gasteiger partial charge in [-0.25, -0.2) is 0 Å². The van der Waals surface area contributed by atoms with Crippen LogP contribution < -0.4 is 0 Å². The van der Waals surface area contributed by atoms with Crippen LogP contribution >= 0.6 is 11.3 Å². The van der Waals surface area contributed by atoms with E-state index in [0.717, 1.165) is 16.6 Å². The molecule has 2 aromatic heterocycles. The second kappa shape index (κ2) is 9.90. The summed E-state index contributed by atoms with van der Waals surface area (Å²) >= 11 is 1.82. The molecule has 0 aliphatic heterocycles. The molecule has 0 saturated heterocycles. The Bertz CT molecular complexity index is 2740. The van der Waals surface area contributed by atoms with Gasteiger partial charge in [0.2, 0.25) is 0 Å². The van der Waals surface area contributed by atoms with Gasteiger partial charge in [0.25, 0.3) is 0 Å². The van der Waals surface area contributed by atoms with E-state index in [4.69, 9.17) is 4.42 Å². The summed E-state index contributed by atoms with van der Waals surface area (Å²) in [6.07, 6.45) is 0. The van der Waals surface area contributed by atoms with Gasteiger partial charge in [0.15, 0.2) is 0 Å². The highest BCUT2D eigenvalue weighted by Gasteiger charge is 2.21. The number of hydrogen-bond acceptors (Lipinski definition) is 2. The quantitative estimate of drug-likeness (QED) is 0.183. The van der Waals surface area contributed by atoms with Crippen molar-refractivity contribution in [3.63, 3.8) is 0 Å². The van der Waals surface area contributed by atoms with E-state index in [9.17, 15) is 0 Å². The van der Waals surface area contributed by atoms with Gasteiger partial charge in [-0.3, -0.25) is 0 Å². The Balaban J connectivity index is 1.28. The van der Waals surface area contributed by atoms with Gasteiger partial charge in [0.05, 0.1) is 0 Å². The van der Waals surface area contributed by atoms with E-state index in [1.807, 2.05) is 11.3 Å². The topological polar surface area (TPSA) is 13.1 Å².